The summed E-state index contributed by atoms with van der Waals surface area (Å²) in [5.41, 5.74) is 0.472. The predicted octanol–water partition coefficient (Wildman–Crippen LogP) is 2.56. The maximum Gasteiger partial charge on any atom is 0.573 e. The third-order valence-electron chi connectivity index (χ3n) is 1.34. The average Bonchev–Trinajstić information content (AvgIpc) is 2.02. The van der Waals surface area contributed by atoms with Crippen LogP contribution in [0.5, 0.6) is 5.75 Å². The van der Waals surface area contributed by atoms with E-state index in [-0.39, 0.29) is 28.8 Å². The van der Waals surface area contributed by atoms with Crippen LogP contribution in [0.1, 0.15) is 5.56 Å². The van der Waals surface area contributed by atoms with Gasteiger partial charge in [0, 0.05) is 10.9 Å². The predicted molar refractivity (Wildman–Crippen MR) is 54.3 cm³/mol. The van der Waals surface area contributed by atoms with Gasteiger partial charge in [0.1, 0.15) is 5.75 Å². The van der Waals surface area contributed by atoms with Gasteiger partial charge in [-0.05, 0) is 6.07 Å². The van der Waals surface area contributed by atoms with Gasteiger partial charge in [-0.15, -0.1) is 13.2 Å². The summed E-state index contributed by atoms with van der Waals surface area (Å²) >= 11 is 3.07. The van der Waals surface area contributed by atoms with Crippen LogP contribution in [0.15, 0.2) is 24.3 Å². The molecule has 0 aliphatic carbocycles. The van der Waals surface area contributed by atoms with E-state index in [2.05, 4.69) is 20.7 Å². The fraction of sp³-hybridized carbons (Fsp3) is 0.250. The molecule has 1 nitrogen and oxygen atoms in total. The van der Waals surface area contributed by atoms with Crippen molar-refractivity contribution in [1.29, 1.82) is 0 Å². The van der Waals surface area contributed by atoms with Crippen molar-refractivity contribution in [1.82, 2.24) is 0 Å². The maximum atomic E-state index is 11.8. The van der Waals surface area contributed by atoms with Gasteiger partial charge >= 0.3 is 29.4 Å². The summed E-state index contributed by atoms with van der Waals surface area (Å²) in [6, 6.07) is 5.99. The lowest BCUT2D eigenvalue weighted by molar-refractivity contribution is -0.274. The molecule has 1 rings (SSSR count). The van der Waals surface area contributed by atoms with Crippen molar-refractivity contribution in [2.24, 2.45) is 0 Å². The molecule has 6 heteroatoms. The SMILES string of the molecule is FC(F)(F)Oc1ccccc1CBr.[MgH2]. The summed E-state index contributed by atoms with van der Waals surface area (Å²) in [7, 11) is 0. The number of halogens is 4. The minimum absolute atomic E-state index is 0. The minimum atomic E-state index is -4.63. The molecule has 0 unspecified atom stereocenters. The van der Waals surface area contributed by atoms with Gasteiger partial charge < -0.3 is 4.74 Å². The molecule has 0 saturated heterocycles. The molecule has 0 N–H and O–H groups in total. The van der Waals surface area contributed by atoms with Gasteiger partial charge in [0.05, 0.1) is 0 Å². The molecule has 0 fully saturated rings. The average molecular weight is 281 g/mol. The second kappa shape index (κ2) is 5.82. The third kappa shape index (κ3) is 4.52. The second-order valence-electron chi connectivity index (χ2n) is 2.29. The Labute approximate surface area is 104 Å². The molecule has 1 aromatic carbocycles. The zero-order valence-corrected chi connectivity index (χ0v) is 8.02. The normalized spacial score (nSPS) is 10.6. The van der Waals surface area contributed by atoms with Crippen molar-refractivity contribution in [2.75, 3.05) is 0 Å². The molecule has 14 heavy (non-hydrogen) atoms. The van der Waals surface area contributed by atoms with Gasteiger partial charge in [-0.1, -0.05) is 34.1 Å². The zero-order chi connectivity index (χ0) is 9.90. The summed E-state index contributed by atoms with van der Waals surface area (Å²) < 4.78 is 39.3. The highest BCUT2D eigenvalue weighted by Gasteiger charge is 2.31. The smallest absolute Gasteiger partial charge is 0.405 e. The number of hydrogen-bond donors (Lipinski definition) is 0. The lowest BCUT2D eigenvalue weighted by Gasteiger charge is -2.11. The molecule has 0 aliphatic heterocycles. The highest BCUT2D eigenvalue weighted by Crippen LogP contribution is 2.27. The summed E-state index contributed by atoms with van der Waals surface area (Å²) in [6.07, 6.45) is -4.63. The molecule has 0 amide bonds. The first-order valence-electron chi connectivity index (χ1n) is 3.42. The standard InChI is InChI=1S/C8H6BrF3O.Mg.2H/c9-5-6-3-1-2-4-7(6)13-8(10,11)12;;;/h1-4H,5H2;;;. The lowest BCUT2D eigenvalue weighted by Crippen LogP contribution is -2.17. The van der Waals surface area contributed by atoms with Crippen LogP contribution in [0.3, 0.4) is 0 Å². The van der Waals surface area contributed by atoms with Crippen LogP contribution < -0.4 is 4.74 Å². The van der Waals surface area contributed by atoms with Crippen molar-refractivity contribution < 1.29 is 17.9 Å². The van der Waals surface area contributed by atoms with E-state index in [4.69, 9.17) is 0 Å². The van der Waals surface area contributed by atoms with Crippen LogP contribution in [0.4, 0.5) is 13.2 Å². The molecule has 0 aromatic heterocycles. The van der Waals surface area contributed by atoms with E-state index in [1.807, 2.05) is 0 Å². The first kappa shape index (κ1) is 14.1. The first-order valence-corrected chi connectivity index (χ1v) is 4.54. The van der Waals surface area contributed by atoms with E-state index in [0.29, 0.717) is 10.9 Å². The van der Waals surface area contributed by atoms with Gasteiger partial charge in [-0.3, -0.25) is 0 Å². The number of para-hydroxylation sites is 1. The molecule has 76 valence electrons. The summed E-state index contributed by atoms with van der Waals surface area (Å²) in [5.74, 6) is -0.160. The molecular formula is C8H8BrF3MgO. The fourth-order valence-electron chi connectivity index (χ4n) is 0.838. The van der Waals surface area contributed by atoms with Gasteiger partial charge in [0.25, 0.3) is 0 Å². The monoisotopic (exact) mass is 280 g/mol. The summed E-state index contributed by atoms with van der Waals surface area (Å²) in [4.78, 5) is 0. The van der Waals surface area contributed by atoms with E-state index in [1.165, 1.54) is 12.1 Å². The summed E-state index contributed by atoms with van der Waals surface area (Å²) in [6.45, 7) is 0. The van der Waals surface area contributed by atoms with E-state index in [9.17, 15) is 13.2 Å². The Bertz CT molecular complexity index is 290. The van der Waals surface area contributed by atoms with Crippen LogP contribution in [0.2, 0.25) is 0 Å². The third-order valence-corrected chi connectivity index (χ3v) is 1.95. The largest absolute Gasteiger partial charge is 0.573 e. The number of benzene rings is 1. The van der Waals surface area contributed by atoms with Crippen LogP contribution >= 0.6 is 15.9 Å². The Morgan fingerprint density at radius 1 is 1.21 bits per heavy atom. The number of rotatable bonds is 2. The Balaban J connectivity index is 0.00000169. The molecule has 0 spiro atoms. The van der Waals surface area contributed by atoms with Crippen molar-refractivity contribution in [3.05, 3.63) is 29.8 Å². The van der Waals surface area contributed by atoms with Gasteiger partial charge in [-0.25, -0.2) is 0 Å². The number of alkyl halides is 4. The maximum absolute atomic E-state index is 11.8. The molecule has 0 atom stereocenters. The van der Waals surface area contributed by atoms with Crippen molar-refractivity contribution >= 4 is 39.0 Å². The van der Waals surface area contributed by atoms with E-state index < -0.39 is 6.36 Å². The summed E-state index contributed by atoms with van der Waals surface area (Å²) in [5, 5.41) is 0.333. The first-order chi connectivity index (χ1) is 6.03. The molecule has 0 saturated carbocycles. The van der Waals surface area contributed by atoms with E-state index >= 15 is 0 Å². The number of hydrogen-bond acceptors (Lipinski definition) is 1. The number of ether oxygens (including phenoxy) is 1. The quantitative estimate of drug-likeness (QED) is 0.598. The van der Waals surface area contributed by atoms with Crippen LogP contribution in [-0.4, -0.2) is 29.4 Å². The Morgan fingerprint density at radius 2 is 1.79 bits per heavy atom. The molecule has 1 aromatic rings. The van der Waals surface area contributed by atoms with Gasteiger partial charge in [-0.2, -0.15) is 0 Å². The Hall–Kier alpha value is 0.0562. The second-order valence-corrected chi connectivity index (χ2v) is 2.85. The molecule has 0 aliphatic rings. The van der Waals surface area contributed by atoms with Crippen LogP contribution in [-0.2, 0) is 5.33 Å². The van der Waals surface area contributed by atoms with Crippen LogP contribution in [0, 0.1) is 0 Å². The van der Waals surface area contributed by atoms with E-state index in [1.54, 1.807) is 12.1 Å². The van der Waals surface area contributed by atoms with Crippen LogP contribution in [0.25, 0.3) is 0 Å². The molecule has 0 bridgehead atoms. The van der Waals surface area contributed by atoms with Crippen molar-refractivity contribution in [3.63, 3.8) is 0 Å². The fourth-order valence-corrected chi connectivity index (χ4v) is 1.30. The van der Waals surface area contributed by atoms with Crippen molar-refractivity contribution in [2.45, 2.75) is 11.7 Å². The molecular weight excluding hydrogens is 273 g/mol. The Morgan fingerprint density at radius 3 is 2.29 bits per heavy atom. The minimum Gasteiger partial charge on any atom is -0.405 e. The van der Waals surface area contributed by atoms with E-state index in [0.717, 1.165) is 0 Å². The van der Waals surface area contributed by atoms with Gasteiger partial charge in [0.15, 0.2) is 0 Å². The Kier molecular flexibility index (Phi) is 5.84. The molecule has 0 heterocycles. The zero-order valence-electron chi connectivity index (χ0n) is 6.44. The van der Waals surface area contributed by atoms with Gasteiger partial charge in [0.2, 0.25) is 0 Å². The highest BCUT2D eigenvalue weighted by molar-refractivity contribution is 9.08. The topological polar surface area (TPSA) is 9.23 Å². The highest BCUT2D eigenvalue weighted by atomic mass is 79.9. The van der Waals surface area contributed by atoms with Crippen molar-refractivity contribution in [3.8, 4) is 5.75 Å². The lowest BCUT2D eigenvalue weighted by atomic mass is 10.2. The molecule has 0 radical (unpaired) electrons.